The average molecular weight is 169 g/mol. The molecular weight excluding hydrogens is 158 g/mol. The summed E-state index contributed by atoms with van der Waals surface area (Å²) in [5, 5.41) is 9.68. The van der Waals surface area contributed by atoms with E-state index in [2.05, 4.69) is 0 Å². The molecular formula is C8H11NO3. The lowest BCUT2D eigenvalue weighted by Gasteiger charge is -2.33. The molecule has 0 aromatic carbocycles. The number of piperidine rings is 1. The molecule has 4 aliphatic heterocycles. The summed E-state index contributed by atoms with van der Waals surface area (Å²) in [6, 6.07) is 0.186. The summed E-state index contributed by atoms with van der Waals surface area (Å²) >= 11 is 0. The molecule has 12 heavy (non-hydrogen) atoms. The third-order valence-corrected chi connectivity index (χ3v) is 3.36. The van der Waals surface area contributed by atoms with Crippen molar-refractivity contribution >= 4 is 6.41 Å². The van der Waals surface area contributed by atoms with Crippen molar-refractivity contribution < 1.29 is 14.6 Å². The van der Waals surface area contributed by atoms with Crippen LogP contribution in [0.4, 0.5) is 0 Å². The van der Waals surface area contributed by atoms with E-state index in [-0.39, 0.29) is 18.2 Å². The van der Waals surface area contributed by atoms with Crippen molar-refractivity contribution in [2.45, 2.75) is 43.2 Å². The fourth-order valence-corrected chi connectivity index (χ4v) is 2.85. The van der Waals surface area contributed by atoms with Gasteiger partial charge in [0, 0.05) is 0 Å². The zero-order valence-corrected chi connectivity index (χ0v) is 6.59. The van der Waals surface area contributed by atoms with Crippen LogP contribution in [0.3, 0.4) is 0 Å². The Morgan fingerprint density at radius 2 is 2.17 bits per heavy atom. The van der Waals surface area contributed by atoms with Crippen LogP contribution < -0.4 is 0 Å². The molecule has 0 radical (unpaired) electrons. The minimum absolute atomic E-state index is 0.0324. The summed E-state index contributed by atoms with van der Waals surface area (Å²) in [5.41, 5.74) is 0. The van der Waals surface area contributed by atoms with E-state index in [1.807, 2.05) is 0 Å². The van der Waals surface area contributed by atoms with Crippen LogP contribution in [0.2, 0.25) is 0 Å². The number of hydrogen-bond acceptors (Lipinski definition) is 3. The van der Waals surface area contributed by atoms with Crippen molar-refractivity contribution in [1.82, 2.24) is 4.90 Å². The Balaban J connectivity index is 1.99. The molecule has 4 unspecified atom stereocenters. The summed E-state index contributed by atoms with van der Waals surface area (Å²) in [7, 11) is 0. The Labute approximate surface area is 70.1 Å². The summed E-state index contributed by atoms with van der Waals surface area (Å²) in [5.74, 6) is 0. The molecule has 4 aliphatic rings. The van der Waals surface area contributed by atoms with Crippen molar-refractivity contribution in [2.24, 2.45) is 0 Å². The van der Waals surface area contributed by atoms with Gasteiger partial charge in [0.1, 0.15) is 12.2 Å². The third-order valence-electron chi connectivity index (χ3n) is 3.36. The fourth-order valence-electron chi connectivity index (χ4n) is 2.85. The molecule has 4 rings (SSSR count). The Kier molecular flexibility index (Phi) is 1.14. The predicted molar refractivity (Wildman–Crippen MR) is 39.4 cm³/mol. The summed E-state index contributed by atoms with van der Waals surface area (Å²) in [6.07, 6.45) is 2.33. The number of aliphatic hydroxyl groups excluding tert-OH is 1. The van der Waals surface area contributed by atoms with Gasteiger partial charge in [0.15, 0.2) is 0 Å². The SMILES string of the molecule is O=CN1C2CC3C[C@H]1C(O3)C2O. The standard InChI is InChI=1S/C8H11NO3/c10-3-9-5-1-4-2-6(9)8(12-4)7(5)11/h3-8,11H,1-2H2/t4?,5?,6-,7?,8?/m0/s1. The molecule has 66 valence electrons. The number of ether oxygens (including phenoxy) is 1. The van der Waals surface area contributed by atoms with E-state index in [4.69, 9.17) is 4.74 Å². The molecule has 5 atom stereocenters. The first kappa shape index (κ1) is 6.86. The highest BCUT2D eigenvalue weighted by atomic mass is 16.5. The van der Waals surface area contributed by atoms with Crippen molar-refractivity contribution in [3.05, 3.63) is 0 Å². The van der Waals surface area contributed by atoms with Crippen molar-refractivity contribution in [2.75, 3.05) is 0 Å². The number of hydrogen-bond donors (Lipinski definition) is 1. The van der Waals surface area contributed by atoms with E-state index in [0.29, 0.717) is 6.10 Å². The summed E-state index contributed by atoms with van der Waals surface area (Å²) in [6.45, 7) is 0. The maximum Gasteiger partial charge on any atom is 0.210 e. The van der Waals surface area contributed by atoms with Crippen LogP contribution in [0, 0.1) is 0 Å². The van der Waals surface area contributed by atoms with Gasteiger partial charge in [-0.1, -0.05) is 0 Å². The molecule has 4 nitrogen and oxygen atoms in total. The van der Waals surface area contributed by atoms with Gasteiger partial charge in [-0.2, -0.15) is 0 Å². The third kappa shape index (κ3) is 0.593. The van der Waals surface area contributed by atoms with Gasteiger partial charge in [-0.3, -0.25) is 4.79 Å². The highest BCUT2D eigenvalue weighted by molar-refractivity contribution is 5.51. The maximum absolute atomic E-state index is 10.7. The largest absolute Gasteiger partial charge is 0.388 e. The molecule has 0 saturated carbocycles. The van der Waals surface area contributed by atoms with Gasteiger partial charge in [-0.05, 0) is 12.8 Å². The van der Waals surface area contributed by atoms with Crippen LogP contribution in [-0.4, -0.2) is 46.8 Å². The Morgan fingerprint density at radius 3 is 2.83 bits per heavy atom. The molecule has 1 amide bonds. The fraction of sp³-hybridized carbons (Fsp3) is 0.875. The van der Waals surface area contributed by atoms with E-state index < -0.39 is 6.10 Å². The minimum atomic E-state index is -0.445. The molecule has 4 fully saturated rings. The second-order valence-corrected chi connectivity index (χ2v) is 3.87. The second-order valence-electron chi connectivity index (χ2n) is 3.87. The smallest absolute Gasteiger partial charge is 0.210 e. The first-order chi connectivity index (χ1) is 5.81. The molecule has 4 bridgehead atoms. The van der Waals surface area contributed by atoms with E-state index >= 15 is 0 Å². The first-order valence-electron chi connectivity index (χ1n) is 4.37. The Morgan fingerprint density at radius 1 is 1.42 bits per heavy atom. The normalized spacial score (nSPS) is 55.1. The number of carbonyl (C=O) groups excluding carboxylic acids is 1. The monoisotopic (exact) mass is 169 g/mol. The maximum atomic E-state index is 10.7. The van der Waals surface area contributed by atoms with E-state index in [1.54, 1.807) is 4.90 Å². The zero-order valence-electron chi connectivity index (χ0n) is 6.59. The van der Waals surface area contributed by atoms with E-state index in [9.17, 15) is 9.90 Å². The molecule has 0 aromatic heterocycles. The van der Waals surface area contributed by atoms with Gasteiger partial charge in [-0.15, -0.1) is 0 Å². The van der Waals surface area contributed by atoms with E-state index in [1.165, 1.54) is 0 Å². The quantitative estimate of drug-likeness (QED) is 0.518. The number of rotatable bonds is 1. The van der Waals surface area contributed by atoms with Gasteiger partial charge in [-0.25, -0.2) is 0 Å². The van der Waals surface area contributed by atoms with Gasteiger partial charge in [0.2, 0.25) is 6.41 Å². The molecule has 4 heteroatoms. The summed E-state index contributed by atoms with van der Waals surface area (Å²) in [4.78, 5) is 12.4. The van der Waals surface area contributed by atoms with Crippen LogP contribution in [-0.2, 0) is 9.53 Å². The molecule has 4 heterocycles. The number of nitrogens with zero attached hydrogens (tertiary/aromatic N) is 1. The van der Waals surface area contributed by atoms with Crippen LogP contribution >= 0.6 is 0 Å². The van der Waals surface area contributed by atoms with Gasteiger partial charge < -0.3 is 14.7 Å². The van der Waals surface area contributed by atoms with Gasteiger partial charge in [0.05, 0.1) is 18.2 Å². The zero-order chi connectivity index (χ0) is 8.29. The topological polar surface area (TPSA) is 49.8 Å². The second kappa shape index (κ2) is 2.00. The number of amides is 1. The van der Waals surface area contributed by atoms with Crippen molar-refractivity contribution in [3.8, 4) is 0 Å². The van der Waals surface area contributed by atoms with Crippen LogP contribution in [0.15, 0.2) is 0 Å². The Bertz CT molecular complexity index is 230. The molecule has 0 spiro atoms. The van der Waals surface area contributed by atoms with Crippen molar-refractivity contribution in [3.63, 3.8) is 0 Å². The molecule has 0 aromatic rings. The lowest BCUT2D eigenvalue weighted by Crippen LogP contribution is -2.45. The average Bonchev–Trinajstić information content (AvgIpc) is 2.48. The van der Waals surface area contributed by atoms with Crippen LogP contribution in [0.1, 0.15) is 12.8 Å². The van der Waals surface area contributed by atoms with Crippen molar-refractivity contribution in [1.29, 1.82) is 0 Å². The lowest BCUT2D eigenvalue weighted by molar-refractivity contribution is -0.125. The number of aliphatic hydroxyl groups is 1. The first-order valence-corrected chi connectivity index (χ1v) is 4.37. The number of carbonyl (C=O) groups is 1. The highest BCUT2D eigenvalue weighted by Crippen LogP contribution is 2.44. The van der Waals surface area contributed by atoms with Gasteiger partial charge in [0.25, 0.3) is 0 Å². The van der Waals surface area contributed by atoms with Crippen LogP contribution in [0.5, 0.6) is 0 Å². The van der Waals surface area contributed by atoms with E-state index in [0.717, 1.165) is 19.3 Å². The minimum Gasteiger partial charge on any atom is -0.388 e. The highest BCUT2D eigenvalue weighted by Gasteiger charge is 2.59. The van der Waals surface area contributed by atoms with Crippen LogP contribution in [0.25, 0.3) is 0 Å². The van der Waals surface area contributed by atoms with Gasteiger partial charge >= 0.3 is 0 Å². The Hall–Kier alpha value is -0.610. The summed E-state index contributed by atoms with van der Waals surface area (Å²) < 4.78 is 5.54. The molecule has 4 saturated heterocycles. The molecule has 0 aliphatic carbocycles. The molecule has 1 N–H and O–H groups in total. The predicted octanol–water partition coefficient (Wildman–Crippen LogP) is -0.882. The lowest BCUT2D eigenvalue weighted by atomic mass is 10.0.